The molecule has 0 aliphatic heterocycles. The van der Waals surface area contributed by atoms with Crippen molar-refractivity contribution in [3.8, 4) is 0 Å². The third-order valence-electron chi connectivity index (χ3n) is 2.67. The van der Waals surface area contributed by atoms with E-state index in [1.807, 2.05) is 30.3 Å². The molecule has 0 atom stereocenters. The van der Waals surface area contributed by atoms with Gasteiger partial charge < -0.3 is 19.9 Å². The topological polar surface area (TPSA) is 68.2 Å². The summed E-state index contributed by atoms with van der Waals surface area (Å²) < 4.78 is 6.59. The minimum absolute atomic E-state index is 0.302. The van der Waals surface area contributed by atoms with Crippen LogP contribution in [0.3, 0.4) is 0 Å². The van der Waals surface area contributed by atoms with Crippen molar-refractivity contribution in [2.45, 2.75) is 6.92 Å². The number of hydrogen-bond donors (Lipinski definition) is 2. The number of thiocarbonyl (C=S) groups is 1. The molecule has 0 saturated heterocycles. The van der Waals surface area contributed by atoms with Crippen LogP contribution in [0.1, 0.15) is 17.4 Å². The van der Waals surface area contributed by atoms with E-state index in [2.05, 4.69) is 15.6 Å². The Hall–Kier alpha value is -2.41. The van der Waals surface area contributed by atoms with Crippen molar-refractivity contribution in [2.24, 2.45) is 7.05 Å². The van der Waals surface area contributed by atoms with Gasteiger partial charge in [-0.15, -0.1) is 0 Å². The molecule has 0 aliphatic rings. The zero-order valence-electron chi connectivity index (χ0n) is 11.8. The molecule has 0 radical (unpaired) electrons. The van der Waals surface area contributed by atoms with Gasteiger partial charge in [0.15, 0.2) is 16.6 Å². The summed E-state index contributed by atoms with van der Waals surface area (Å²) in [7, 11) is 1.72. The Kier molecular flexibility index (Phi) is 4.89. The molecule has 0 bridgehead atoms. The number of carbonyl (C=O) groups is 1. The minimum Gasteiger partial charge on any atom is -0.461 e. The highest BCUT2D eigenvalue weighted by atomic mass is 32.1. The molecule has 6 nitrogen and oxygen atoms in total. The molecule has 2 rings (SSSR count). The molecular weight excluding hydrogens is 288 g/mol. The molecule has 1 heterocycles. The summed E-state index contributed by atoms with van der Waals surface area (Å²) in [5.41, 5.74) is 1.18. The first kappa shape index (κ1) is 15.0. The minimum atomic E-state index is -0.442. The maximum absolute atomic E-state index is 11.9. The van der Waals surface area contributed by atoms with E-state index in [9.17, 15) is 4.79 Å². The van der Waals surface area contributed by atoms with Crippen molar-refractivity contribution in [3.05, 3.63) is 42.4 Å². The van der Waals surface area contributed by atoms with Crippen LogP contribution in [0, 0.1) is 0 Å². The molecule has 0 spiro atoms. The number of aromatic nitrogens is 2. The molecule has 7 heteroatoms. The number of anilines is 2. The predicted molar refractivity (Wildman–Crippen MR) is 85.4 cm³/mol. The number of ether oxygens (including phenoxy) is 1. The molecule has 0 unspecified atom stereocenters. The lowest BCUT2D eigenvalue weighted by atomic mass is 10.3. The molecule has 2 aromatic rings. The van der Waals surface area contributed by atoms with E-state index in [1.165, 1.54) is 6.33 Å². The summed E-state index contributed by atoms with van der Waals surface area (Å²) in [5.74, 6) is -0.0770. The van der Waals surface area contributed by atoms with Crippen molar-refractivity contribution in [1.29, 1.82) is 0 Å². The Balaban J connectivity index is 2.09. The zero-order chi connectivity index (χ0) is 15.2. The second kappa shape index (κ2) is 6.85. The van der Waals surface area contributed by atoms with Crippen molar-refractivity contribution in [1.82, 2.24) is 9.55 Å². The van der Waals surface area contributed by atoms with Crippen LogP contribution < -0.4 is 10.6 Å². The van der Waals surface area contributed by atoms with Crippen LogP contribution in [0.2, 0.25) is 0 Å². The third-order valence-corrected chi connectivity index (χ3v) is 2.87. The van der Waals surface area contributed by atoms with E-state index in [0.717, 1.165) is 5.69 Å². The van der Waals surface area contributed by atoms with E-state index >= 15 is 0 Å². The SMILES string of the molecule is CCOC(=O)c1c(NC(=S)Nc2ccccc2)ncn1C. The lowest BCUT2D eigenvalue weighted by Gasteiger charge is -2.10. The van der Waals surface area contributed by atoms with E-state index < -0.39 is 5.97 Å². The first-order valence-corrected chi connectivity index (χ1v) is 6.84. The largest absolute Gasteiger partial charge is 0.461 e. The Morgan fingerprint density at radius 1 is 1.33 bits per heavy atom. The Bertz CT molecular complexity index is 640. The number of nitrogens with zero attached hydrogens (tertiary/aromatic N) is 2. The molecule has 0 amide bonds. The number of aryl methyl sites for hydroxylation is 1. The fraction of sp³-hybridized carbons (Fsp3) is 0.214. The van der Waals surface area contributed by atoms with E-state index in [0.29, 0.717) is 23.2 Å². The molecule has 1 aromatic carbocycles. The van der Waals surface area contributed by atoms with Crippen LogP contribution in [0.25, 0.3) is 0 Å². The molecule has 0 fully saturated rings. The van der Waals surface area contributed by atoms with Crippen LogP contribution in [0.4, 0.5) is 11.5 Å². The highest BCUT2D eigenvalue weighted by Gasteiger charge is 2.19. The second-order valence-corrected chi connectivity index (χ2v) is 4.63. The fourth-order valence-corrected chi connectivity index (χ4v) is 1.97. The number of benzene rings is 1. The maximum Gasteiger partial charge on any atom is 0.358 e. The lowest BCUT2D eigenvalue weighted by molar-refractivity contribution is 0.0516. The smallest absolute Gasteiger partial charge is 0.358 e. The summed E-state index contributed by atoms with van der Waals surface area (Å²) >= 11 is 5.21. The molecule has 0 aliphatic carbocycles. The van der Waals surface area contributed by atoms with Gasteiger partial charge in [-0.1, -0.05) is 18.2 Å². The number of esters is 1. The highest BCUT2D eigenvalue weighted by molar-refractivity contribution is 7.80. The fourth-order valence-electron chi connectivity index (χ4n) is 1.75. The second-order valence-electron chi connectivity index (χ2n) is 4.22. The number of para-hydroxylation sites is 1. The standard InChI is InChI=1S/C14H16N4O2S/c1-3-20-13(19)11-12(15-9-18(11)2)17-14(21)16-10-7-5-4-6-8-10/h4-9H,3H2,1-2H3,(H2,16,17,21). The summed E-state index contributed by atoms with van der Waals surface area (Å²) in [6.45, 7) is 2.05. The average molecular weight is 304 g/mol. The number of imidazole rings is 1. The van der Waals surface area contributed by atoms with Gasteiger partial charge in [-0.3, -0.25) is 0 Å². The molecule has 110 valence electrons. The normalized spacial score (nSPS) is 10.0. The summed E-state index contributed by atoms with van der Waals surface area (Å²) in [6, 6.07) is 9.49. The van der Waals surface area contributed by atoms with Gasteiger partial charge in [0.25, 0.3) is 0 Å². The summed E-state index contributed by atoms with van der Waals surface area (Å²) in [4.78, 5) is 16.0. The van der Waals surface area contributed by atoms with Gasteiger partial charge in [-0.2, -0.15) is 0 Å². The molecule has 0 saturated carbocycles. The van der Waals surface area contributed by atoms with Crippen molar-refractivity contribution < 1.29 is 9.53 Å². The van der Waals surface area contributed by atoms with Crippen LogP contribution >= 0.6 is 12.2 Å². The molecule has 1 aromatic heterocycles. The number of carbonyl (C=O) groups excluding carboxylic acids is 1. The first-order chi connectivity index (χ1) is 10.1. The monoisotopic (exact) mass is 304 g/mol. The van der Waals surface area contributed by atoms with Gasteiger partial charge in [-0.25, -0.2) is 9.78 Å². The summed E-state index contributed by atoms with van der Waals surface area (Å²) in [5, 5.41) is 6.28. The Labute approximate surface area is 128 Å². The predicted octanol–water partition coefficient (Wildman–Crippen LogP) is 2.41. The summed E-state index contributed by atoms with van der Waals surface area (Å²) in [6.07, 6.45) is 1.53. The Morgan fingerprint density at radius 3 is 2.71 bits per heavy atom. The number of rotatable bonds is 4. The average Bonchev–Trinajstić information content (AvgIpc) is 2.81. The van der Waals surface area contributed by atoms with E-state index in [4.69, 9.17) is 17.0 Å². The van der Waals surface area contributed by atoms with Crippen LogP contribution in [0.5, 0.6) is 0 Å². The van der Waals surface area contributed by atoms with E-state index in [-0.39, 0.29) is 0 Å². The van der Waals surface area contributed by atoms with Gasteiger partial charge in [0.2, 0.25) is 0 Å². The van der Waals surface area contributed by atoms with Crippen molar-refractivity contribution in [3.63, 3.8) is 0 Å². The Morgan fingerprint density at radius 2 is 2.05 bits per heavy atom. The van der Waals surface area contributed by atoms with Crippen LogP contribution in [-0.2, 0) is 11.8 Å². The molecule has 21 heavy (non-hydrogen) atoms. The van der Waals surface area contributed by atoms with Gasteiger partial charge in [0, 0.05) is 12.7 Å². The first-order valence-electron chi connectivity index (χ1n) is 6.43. The zero-order valence-corrected chi connectivity index (χ0v) is 12.6. The van der Waals surface area contributed by atoms with Gasteiger partial charge in [0.05, 0.1) is 12.9 Å². The maximum atomic E-state index is 11.9. The van der Waals surface area contributed by atoms with Gasteiger partial charge in [0.1, 0.15) is 0 Å². The van der Waals surface area contributed by atoms with Gasteiger partial charge >= 0.3 is 5.97 Å². The molecule has 2 N–H and O–H groups in total. The number of nitrogens with one attached hydrogen (secondary N) is 2. The van der Waals surface area contributed by atoms with Crippen LogP contribution in [-0.4, -0.2) is 27.2 Å². The highest BCUT2D eigenvalue weighted by Crippen LogP contribution is 2.15. The molecular formula is C14H16N4O2S. The van der Waals surface area contributed by atoms with Crippen LogP contribution in [0.15, 0.2) is 36.7 Å². The lowest BCUT2D eigenvalue weighted by Crippen LogP contribution is -2.21. The van der Waals surface area contributed by atoms with Crippen molar-refractivity contribution in [2.75, 3.05) is 17.2 Å². The quantitative estimate of drug-likeness (QED) is 0.668. The number of hydrogen-bond acceptors (Lipinski definition) is 4. The van der Waals surface area contributed by atoms with E-state index in [1.54, 1.807) is 18.5 Å². The van der Waals surface area contributed by atoms with Crippen molar-refractivity contribution >= 4 is 34.8 Å². The van der Waals surface area contributed by atoms with Gasteiger partial charge in [-0.05, 0) is 31.3 Å². The third kappa shape index (κ3) is 3.79.